The number of hydrogen-bond acceptors (Lipinski definition) is 2. The van der Waals surface area contributed by atoms with E-state index < -0.39 is 0 Å². The predicted octanol–water partition coefficient (Wildman–Crippen LogP) is 2.90. The Kier molecular flexibility index (Phi) is 3.65. The van der Waals surface area contributed by atoms with Gasteiger partial charge in [0.2, 0.25) is 0 Å². The van der Waals surface area contributed by atoms with Crippen LogP contribution in [-0.4, -0.2) is 13.6 Å². The summed E-state index contributed by atoms with van der Waals surface area (Å²) in [6.07, 6.45) is 0. The van der Waals surface area contributed by atoms with Gasteiger partial charge in [-0.3, -0.25) is 0 Å². The lowest BCUT2D eigenvalue weighted by Crippen LogP contribution is -2.05. The van der Waals surface area contributed by atoms with E-state index in [0.29, 0.717) is 0 Å². The Hall–Kier alpha value is -0.450. The normalized spacial score (nSPS) is 9.58. The third-order valence-corrected chi connectivity index (χ3v) is 2.12. The van der Waals surface area contributed by atoms with E-state index in [1.165, 1.54) is 11.4 Å². The number of nitrogens with zero attached hydrogens (tertiary/aromatic N) is 1. The molecule has 0 spiro atoms. The fourth-order valence-electron chi connectivity index (χ4n) is 1.08. The number of benzene rings is 1. The first kappa shape index (κ1) is 9.64. The van der Waals surface area contributed by atoms with Gasteiger partial charge in [-0.2, -0.15) is 0 Å². The maximum absolute atomic E-state index is 3.31. The molecular weight excluding hydrogens is 263 g/mol. The highest BCUT2D eigenvalue weighted by Crippen LogP contribution is 2.26. The molecular formula is C9H13IN2. The van der Waals surface area contributed by atoms with E-state index in [-0.39, 0.29) is 0 Å². The van der Waals surface area contributed by atoms with Crippen LogP contribution in [0, 0.1) is 0 Å². The van der Waals surface area contributed by atoms with Crippen molar-refractivity contribution < 1.29 is 0 Å². The number of para-hydroxylation sites is 2. The number of hydrogen-bond donors (Lipinski definition) is 1. The van der Waals surface area contributed by atoms with Crippen molar-refractivity contribution in [1.82, 2.24) is 0 Å². The molecule has 0 heterocycles. The predicted molar refractivity (Wildman–Crippen MR) is 63.0 cm³/mol. The average molecular weight is 276 g/mol. The molecule has 0 aliphatic carbocycles. The van der Waals surface area contributed by atoms with Crippen LogP contribution in [0.2, 0.25) is 0 Å². The first-order valence-electron chi connectivity index (χ1n) is 3.98. The summed E-state index contributed by atoms with van der Waals surface area (Å²) < 4.78 is 2.08. The zero-order chi connectivity index (χ0) is 8.97. The van der Waals surface area contributed by atoms with Crippen LogP contribution in [0.5, 0.6) is 0 Å². The molecule has 0 saturated carbocycles. The smallest absolute Gasteiger partial charge is 0.0686 e. The van der Waals surface area contributed by atoms with Gasteiger partial charge in [0.25, 0.3) is 0 Å². The van der Waals surface area contributed by atoms with Crippen molar-refractivity contribution in [2.45, 2.75) is 6.92 Å². The average Bonchev–Trinajstić information content (AvgIpc) is 2.05. The lowest BCUT2D eigenvalue weighted by molar-refractivity contribution is 1.21. The van der Waals surface area contributed by atoms with Crippen molar-refractivity contribution in [3.05, 3.63) is 24.3 Å². The minimum atomic E-state index is 0.960. The van der Waals surface area contributed by atoms with E-state index in [0.717, 1.165) is 6.54 Å². The van der Waals surface area contributed by atoms with Crippen LogP contribution in [0.1, 0.15) is 6.92 Å². The minimum absolute atomic E-state index is 0.960. The second-order valence-electron chi connectivity index (χ2n) is 2.52. The molecule has 0 aliphatic rings. The quantitative estimate of drug-likeness (QED) is 0.674. The van der Waals surface area contributed by atoms with Crippen LogP contribution in [0.3, 0.4) is 0 Å². The molecule has 1 aromatic rings. The van der Waals surface area contributed by atoms with Gasteiger partial charge in [-0.15, -0.1) is 0 Å². The second-order valence-corrected chi connectivity index (χ2v) is 3.97. The molecule has 0 saturated heterocycles. The van der Waals surface area contributed by atoms with Crippen molar-refractivity contribution in [1.29, 1.82) is 0 Å². The molecule has 66 valence electrons. The van der Waals surface area contributed by atoms with Crippen molar-refractivity contribution in [2.24, 2.45) is 0 Å². The summed E-state index contributed by atoms with van der Waals surface area (Å²) >= 11 is 2.27. The third-order valence-electron chi connectivity index (χ3n) is 1.60. The highest BCUT2D eigenvalue weighted by atomic mass is 127. The van der Waals surface area contributed by atoms with Gasteiger partial charge in [0, 0.05) is 13.6 Å². The molecule has 12 heavy (non-hydrogen) atoms. The number of anilines is 2. The summed E-state index contributed by atoms with van der Waals surface area (Å²) in [4.78, 5) is 0. The summed E-state index contributed by atoms with van der Waals surface area (Å²) in [5, 5.41) is 3.31. The van der Waals surface area contributed by atoms with Gasteiger partial charge >= 0.3 is 0 Å². The van der Waals surface area contributed by atoms with Crippen LogP contribution in [0.25, 0.3) is 0 Å². The monoisotopic (exact) mass is 276 g/mol. The summed E-state index contributed by atoms with van der Waals surface area (Å²) in [5.74, 6) is 0. The second kappa shape index (κ2) is 4.54. The summed E-state index contributed by atoms with van der Waals surface area (Å²) in [6.45, 7) is 3.06. The van der Waals surface area contributed by atoms with Crippen LogP contribution in [-0.2, 0) is 0 Å². The van der Waals surface area contributed by atoms with E-state index in [1.807, 2.05) is 19.2 Å². The summed E-state index contributed by atoms with van der Waals surface area (Å²) in [6, 6.07) is 8.28. The Morgan fingerprint density at radius 2 is 2.08 bits per heavy atom. The van der Waals surface area contributed by atoms with Crippen LogP contribution in [0.4, 0.5) is 11.4 Å². The maximum atomic E-state index is 3.31. The zero-order valence-electron chi connectivity index (χ0n) is 7.34. The van der Waals surface area contributed by atoms with Gasteiger partial charge in [-0.1, -0.05) is 12.1 Å². The number of halogens is 1. The van der Waals surface area contributed by atoms with Crippen molar-refractivity contribution >= 4 is 34.2 Å². The molecule has 0 unspecified atom stereocenters. The van der Waals surface area contributed by atoms with Crippen molar-refractivity contribution in [3.8, 4) is 0 Å². The van der Waals surface area contributed by atoms with Gasteiger partial charge in [-0.25, -0.2) is 0 Å². The Morgan fingerprint density at radius 3 is 2.67 bits per heavy atom. The molecule has 1 aromatic carbocycles. The molecule has 3 heteroatoms. The molecule has 0 aromatic heterocycles. The van der Waals surface area contributed by atoms with Crippen molar-refractivity contribution in [2.75, 3.05) is 22.0 Å². The van der Waals surface area contributed by atoms with Crippen LogP contribution >= 0.6 is 22.9 Å². The van der Waals surface area contributed by atoms with Crippen molar-refractivity contribution in [3.63, 3.8) is 0 Å². The maximum Gasteiger partial charge on any atom is 0.0686 e. The first-order valence-corrected chi connectivity index (χ1v) is 4.94. The lowest BCUT2D eigenvalue weighted by Gasteiger charge is -2.15. The molecule has 1 N–H and O–H groups in total. The Balaban J connectivity index is 2.92. The van der Waals surface area contributed by atoms with Gasteiger partial charge in [-0.05, 0) is 19.1 Å². The third kappa shape index (κ3) is 2.27. The molecule has 0 fully saturated rings. The molecule has 0 bridgehead atoms. The Bertz CT molecular complexity index is 248. The molecule has 2 nitrogen and oxygen atoms in total. The largest absolute Gasteiger partial charge is 0.384 e. The Morgan fingerprint density at radius 1 is 1.42 bits per heavy atom. The highest BCUT2D eigenvalue weighted by molar-refractivity contribution is 14.1. The molecule has 1 rings (SSSR count). The highest BCUT2D eigenvalue weighted by Gasteiger charge is 2.01. The number of rotatable bonds is 3. The van der Waals surface area contributed by atoms with Gasteiger partial charge in [0.15, 0.2) is 0 Å². The first-order chi connectivity index (χ1) is 5.75. The van der Waals surface area contributed by atoms with Crippen LogP contribution in [0.15, 0.2) is 24.3 Å². The fourth-order valence-corrected chi connectivity index (χ4v) is 1.50. The number of nitrogens with one attached hydrogen (secondary N) is 1. The standard InChI is InChI=1S/C9H13IN2/c1-3-11-8-6-4-5-7-9(8)12(2)10/h4-7,11H,3H2,1-2H3. The Labute approximate surface area is 87.5 Å². The van der Waals surface area contributed by atoms with E-state index in [4.69, 9.17) is 0 Å². The molecule has 0 amide bonds. The molecule has 0 aliphatic heterocycles. The minimum Gasteiger partial charge on any atom is -0.384 e. The van der Waals surface area contributed by atoms with E-state index >= 15 is 0 Å². The van der Waals surface area contributed by atoms with E-state index in [1.54, 1.807) is 0 Å². The lowest BCUT2D eigenvalue weighted by atomic mass is 10.2. The van der Waals surface area contributed by atoms with Gasteiger partial charge < -0.3 is 8.43 Å². The molecule has 0 atom stereocenters. The molecule has 0 radical (unpaired) electrons. The summed E-state index contributed by atoms with van der Waals surface area (Å²) in [5.41, 5.74) is 2.41. The topological polar surface area (TPSA) is 15.3 Å². The zero-order valence-corrected chi connectivity index (χ0v) is 9.50. The summed E-state index contributed by atoms with van der Waals surface area (Å²) in [7, 11) is 2.04. The van der Waals surface area contributed by atoms with E-state index in [2.05, 4.69) is 50.4 Å². The SMILES string of the molecule is CCNc1ccccc1N(C)I. The van der Waals surface area contributed by atoms with Gasteiger partial charge in [0.05, 0.1) is 34.2 Å². The van der Waals surface area contributed by atoms with Crippen LogP contribution < -0.4 is 8.43 Å². The van der Waals surface area contributed by atoms with E-state index in [9.17, 15) is 0 Å². The fraction of sp³-hybridized carbons (Fsp3) is 0.333. The van der Waals surface area contributed by atoms with Gasteiger partial charge in [0.1, 0.15) is 0 Å².